The van der Waals surface area contributed by atoms with Crippen molar-refractivity contribution in [2.24, 2.45) is 5.84 Å². The molecule has 0 aliphatic carbocycles. The van der Waals surface area contributed by atoms with Crippen molar-refractivity contribution in [2.75, 3.05) is 0 Å². The van der Waals surface area contributed by atoms with Crippen LogP contribution in [0.5, 0.6) is 5.75 Å². The SMILES string of the molecule is NNC(=O)/C(=C/c1ccccc1)Oc1ccc(Br)cc1. The fraction of sp³-hybridized carbons (Fsp3) is 0. The zero-order chi connectivity index (χ0) is 14.4. The molecule has 0 aliphatic heterocycles. The third kappa shape index (κ3) is 3.94. The van der Waals surface area contributed by atoms with Gasteiger partial charge in [-0.15, -0.1) is 0 Å². The van der Waals surface area contributed by atoms with Crippen LogP contribution in [0.15, 0.2) is 64.8 Å². The molecule has 1 amide bonds. The third-order valence-electron chi connectivity index (χ3n) is 2.49. The molecule has 5 heteroatoms. The molecule has 20 heavy (non-hydrogen) atoms. The molecule has 102 valence electrons. The van der Waals surface area contributed by atoms with E-state index in [-0.39, 0.29) is 5.76 Å². The van der Waals surface area contributed by atoms with Crippen LogP contribution in [-0.2, 0) is 4.79 Å². The predicted octanol–water partition coefficient (Wildman–Crippen LogP) is 2.86. The number of benzene rings is 2. The van der Waals surface area contributed by atoms with Crippen LogP contribution in [0.3, 0.4) is 0 Å². The number of hydrogen-bond acceptors (Lipinski definition) is 3. The Kier molecular flexibility index (Phi) is 4.92. The van der Waals surface area contributed by atoms with Crippen LogP contribution in [0.4, 0.5) is 0 Å². The molecule has 0 radical (unpaired) electrons. The van der Waals surface area contributed by atoms with Crippen molar-refractivity contribution >= 4 is 27.9 Å². The minimum atomic E-state index is -0.489. The second-order valence-corrected chi connectivity index (χ2v) is 4.86. The summed E-state index contributed by atoms with van der Waals surface area (Å²) >= 11 is 3.34. The first-order valence-electron chi connectivity index (χ1n) is 5.90. The summed E-state index contributed by atoms with van der Waals surface area (Å²) in [6, 6.07) is 16.6. The lowest BCUT2D eigenvalue weighted by Crippen LogP contribution is -2.33. The maximum Gasteiger partial charge on any atom is 0.300 e. The van der Waals surface area contributed by atoms with Crippen molar-refractivity contribution in [3.8, 4) is 5.75 Å². The molecule has 0 atom stereocenters. The molecule has 3 N–H and O–H groups in total. The molecule has 0 aliphatic rings. The Morgan fingerprint density at radius 3 is 2.35 bits per heavy atom. The molecular formula is C15H13BrN2O2. The number of carbonyl (C=O) groups excluding carboxylic acids is 1. The van der Waals surface area contributed by atoms with Gasteiger partial charge in [-0.3, -0.25) is 10.2 Å². The molecule has 2 aromatic carbocycles. The van der Waals surface area contributed by atoms with E-state index in [0.717, 1.165) is 10.0 Å². The van der Waals surface area contributed by atoms with E-state index in [0.29, 0.717) is 5.75 Å². The van der Waals surface area contributed by atoms with E-state index in [2.05, 4.69) is 21.4 Å². The van der Waals surface area contributed by atoms with Crippen LogP contribution in [0.2, 0.25) is 0 Å². The van der Waals surface area contributed by atoms with Crippen LogP contribution < -0.4 is 16.0 Å². The van der Waals surface area contributed by atoms with Crippen LogP contribution >= 0.6 is 15.9 Å². The first-order chi connectivity index (χ1) is 9.69. The Morgan fingerprint density at radius 1 is 1.10 bits per heavy atom. The molecule has 0 fully saturated rings. The Balaban J connectivity index is 2.26. The van der Waals surface area contributed by atoms with Crippen molar-refractivity contribution in [2.45, 2.75) is 0 Å². The van der Waals surface area contributed by atoms with Crippen LogP contribution in [0.25, 0.3) is 6.08 Å². The fourth-order valence-electron chi connectivity index (χ4n) is 1.54. The lowest BCUT2D eigenvalue weighted by Gasteiger charge is -2.09. The topological polar surface area (TPSA) is 64.3 Å². The summed E-state index contributed by atoms with van der Waals surface area (Å²) in [6.07, 6.45) is 1.63. The normalized spacial score (nSPS) is 11.0. The van der Waals surface area contributed by atoms with Gasteiger partial charge in [0, 0.05) is 4.47 Å². The van der Waals surface area contributed by atoms with E-state index in [1.807, 2.05) is 42.5 Å². The summed E-state index contributed by atoms with van der Waals surface area (Å²) in [4.78, 5) is 11.7. The van der Waals surface area contributed by atoms with Gasteiger partial charge >= 0.3 is 5.91 Å². The van der Waals surface area contributed by atoms with E-state index >= 15 is 0 Å². The predicted molar refractivity (Wildman–Crippen MR) is 81.5 cm³/mol. The number of hydrazine groups is 1. The van der Waals surface area contributed by atoms with Gasteiger partial charge in [-0.1, -0.05) is 46.3 Å². The van der Waals surface area contributed by atoms with E-state index in [1.165, 1.54) is 0 Å². The molecule has 0 bridgehead atoms. The molecule has 0 aromatic heterocycles. The molecule has 0 heterocycles. The molecule has 0 spiro atoms. The summed E-state index contributed by atoms with van der Waals surface area (Å²) < 4.78 is 6.51. The summed E-state index contributed by atoms with van der Waals surface area (Å²) in [7, 11) is 0. The zero-order valence-corrected chi connectivity index (χ0v) is 12.1. The Labute approximate surface area is 125 Å². The lowest BCUT2D eigenvalue weighted by molar-refractivity contribution is -0.119. The number of ether oxygens (including phenoxy) is 1. The number of nitrogens with two attached hydrogens (primary N) is 1. The summed E-state index contributed by atoms with van der Waals surface area (Å²) in [5, 5.41) is 0. The molecule has 0 saturated carbocycles. The summed E-state index contributed by atoms with van der Waals surface area (Å²) in [6.45, 7) is 0. The van der Waals surface area contributed by atoms with Crippen molar-refractivity contribution in [1.82, 2.24) is 5.43 Å². The Hall–Kier alpha value is -2.11. The van der Waals surface area contributed by atoms with Crippen LogP contribution in [-0.4, -0.2) is 5.91 Å². The highest BCUT2D eigenvalue weighted by molar-refractivity contribution is 9.10. The Morgan fingerprint density at radius 2 is 1.75 bits per heavy atom. The average molecular weight is 333 g/mol. The monoisotopic (exact) mass is 332 g/mol. The highest BCUT2D eigenvalue weighted by Crippen LogP contribution is 2.19. The second kappa shape index (κ2) is 6.88. The standard InChI is InChI=1S/C15H13BrN2O2/c16-12-6-8-13(9-7-12)20-14(15(19)18-17)10-11-4-2-1-3-5-11/h1-10H,17H2,(H,18,19)/b14-10-. The van der Waals surface area contributed by atoms with Gasteiger partial charge in [-0.25, -0.2) is 5.84 Å². The van der Waals surface area contributed by atoms with Gasteiger partial charge in [0.1, 0.15) is 5.75 Å². The lowest BCUT2D eigenvalue weighted by atomic mass is 10.2. The van der Waals surface area contributed by atoms with Gasteiger partial charge < -0.3 is 4.74 Å². The molecular weight excluding hydrogens is 320 g/mol. The number of halogens is 1. The van der Waals surface area contributed by atoms with Crippen LogP contribution in [0, 0.1) is 0 Å². The largest absolute Gasteiger partial charge is 0.452 e. The van der Waals surface area contributed by atoms with Crippen LogP contribution in [0.1, 0.15) is 5.56 Å². The minimum absolute atomic E-state index is 0.126. The van der Waals surface area contributed by atoms with Gasteiger partial charge in [-0.2, -0.15) is 0 Å². The van der Waals surface area contributed by atoms with Crippen molar-refractivity contribution in [3.63, 3.8) is 0 Å². The van der Waals surface area contributed by atoms with Gasteiger partial charge in [0.2, 0.25) is 0 Å². The zero-order valence-electron chi connectivity index (χ0n) is 10.5. The van der Waals surface area contributed by atoms with Gasteiger partial charge in [-0.05, 0) is 35.9 Å². The van der Waals surface area contributed by atoms with Crippen molar-refractivity contribution < 1.29 is 9.53 Å². The minimum Gasteiger partial charge on any atom is -0.452 e. The van der Waals surface area contributed by atoms with E-state index in [9.17, 15) is 4.79 Å². The average Bonchev–Trinajstić information content (AvgIpc) is 2.49. The summed E-state index contributed by atoms with van der Waals surface area (Å²) in [5.74, 6) is 5.37. The second-order valence-electron chi connectivity index (χ2n) is 3.95. The quantitative estimate of drug-likeness (QED) is 0.297. The Bertz CT molecular complexity index is 610. The number of amides is 1. The molecule has 2 rings (SSSR count). The maximum absolute atomic E-state index is 11.7. The molecule has 0 saturated heterocycles. The molecule has 0 unspecified atom stereocenters. The smallest absolute Gasteiger partial charge is 0.300 e. The van der Waals surface area contributed by atoms with Crippen molar-refractivity contribution in [3.05, 3.63) is 70.4 Å². The molecule has 2 aromatic rings. The highest BCUT2D eigenvalue weighted by Gasteiger charge is 2.10. The number of nitrogens with one attached hydrogen (secondary N) is 1. The molecule has 4 nitrogen and oxygen atoms in total. The van der Waals surface area contributed by atoms with E-state index < -0.39 is 5.91 Å². The summed E-state index contributed by atoms with van der Waals surface area (Å²) in [5.41, 5.74) is 2.93. The number of hydrogen-bond donors (Lipinski definition) is 2. The van der Waals surface area contributed by atoms with Gasteiger partial charge in [0.15, 0.2) is 5.76 Å². The first kappa shape index (κ1) is 14.3. The maximum atomic E-state index is 11.7. The number of carbonyl (C=O) groups is 1. The highest BCUT2D eigenvalue weighted by atomic mass is 79.9. The van der Waals surface area contributed by atoms with E-state index in [1.54, 1.807) is 18.2 Å². The fourth-order valence-corrected chi connectivity index (χ4v) is 1.81. The number of rotatable bonds is 4. The van der Waals surface area contributed by atoms with E-state index in [4.69, 9.17) is 10.6 Å². The third-order valence-corrected chi connectivity index (χ3v) is 3.02. The first-order valence-corrected chi connectivity index (χ1v) is 6.69. The van der Waals surface area contributed by atoms with Crippen molar-refractivity contribution in [1.29, 1.82) is 0 Å². The van der Waals surface area contributed by atoms with Gasteiger partial charge in [0.25, 0.3) is 0 Å². The van der Waals surface area contributed by atoms with Gasteiger partial charge in [0.05, 0.1) is 0 Å².